The second-order valence-corrected chi connectivity index (χ2v) is 4.21. The third-order valence-corrected chi connectivity index (χ3v) is 2.84. The van der Waals surface area contributed by atoms with Gasteiger partial charge in [0, 0.05) is 0 Å². The van der Waals surface area contributed by atoms with Crippen LogP contribution in [0.15, 0.2) is 12.2 Å². The Morgan fingerprint density at radius 3 is 2.87 bits per heavy atom. The van der Waals surface area contributed by atoms with Crippen molar-refractivity contribution in [3.63, 3.8) is 0 Å². The molecule has 86 valence electrons. The molecular weight excluding hydrogens is 188 g/mol. The summed E-state index contributed by atoms with van der Waals surface area (Å²) in [5, 5.41) is 0. The third kappa shape index (κ3) is 5.01. The van der Waals surface area contributed by atoms with Crippen molar-refractivity contribution >= 4 is 5.97 Å². The van der Waals surface area contributed by atoms with Gasteiger partial charge in [-0.1, -0.05) is 38.3 Å². The van der Waals surface area contributed by atoms with Gasteiger partial charge in [-0.05, 0) is 25.7 Å². The molecule has 0 bridgehead atoms. The number of allylic oxidation sites excluding steroid dienone is 2. The predicted molar refractivity (Wildman–Crippen MR) is 61.6 cm³/mol. The molecule has 2 heteroatoms. The van der Waals surface area contributed by atoms with Gasteiger partial charge >= 0.3 is 5.97 Å². The van der Waals surface area contributed by atoms with E-state index in [1.165, 1.54) is 19.3 Å². The van der Waals surface area contributed by atoms with E-state index in [2.05, 4.69) is 19.1 Å². The zero-order valence-electron chi connectivity index (χ0n) is 9.71. The van der Waals surface area contributed by atoms with Crippen molar-refractivity contribution in [3.05, 3.63) is 12.2 Å². The maximum atomic E-state index is 11.6. The number of ether oxygens (including phenoxy) is 1. The van der Waals surface area contributed by atoms with Gasteiger partial charge in [0.2, 0.25) is 0 Å². The molecule has 0 heterocycles. The van der Waals surface area contributed by atoms with Crippen LogP contribution in [0, 0.1) is 5.92 Å². The minimum Gasteiger partial charge on any atom is -0.465 e. The van der Waals surface area contributed by atoms with Gasteiger partial charge < -0.3 is 4.74 Å². The number of carbonyl (C=O) groups is 1. The SMILES string of the molecule is CCCCCCOC(=O)C1CC=CCC1. The fourth-order valence-corrected chi connectivity index (χ4v) is 1.83. The summed E-state index contributed by atoms with van der Waals surface area (Å²) < 4.78 is 5.26. The van der Waals surface area contributed by atoms with E-state index in [1.807, 2.05) is 0 Å². The Bertz CT molecular complexity index is 209. The Labute approximate surface area is 92.7 Å². The second-order valence-electron chi connectivity index (χ2n) is 4.21. The van der Waals surface area contributed by atoms with Crippen molar-refractivity contribution in [2.75, 3.05) is 6.61 Å². The maximum absolute atomic E-state index is 11.6. The molecule has 0 saturated heterocycles. The first-order valence-corrected chi connectivity index (χ1v) is 6.16. The molecule has 0 aromatic heterocycles. The highest BCUT2D eigenvalue weighted by atomic mass is 16.5. The lowest BCUT2D eigenvalue weighted by atomic mass is 9.95. The van der Waals surface area contributed by atoms with Gasteiger partial charge in [-0.2, -0.15) is 0 Å². The van der Waals surface area contributed by atoms with Gasteiger partial charge in [0.25, 0.3) is 0 Å². The number of esters is 1. The molecule has 0 aromatic carbocycles. The maximum Gasteiger partial charge on any atom is 0.309 e. The average Bonchev–Trinajstić information content (AvgIpc) is 2.30. The predicted octanol–water partition coefficient (Wildman–Crippen LogP) is 3.47. The highest BCUT2D eigenvalue weighted by Gasteiger charge is 2.19. The summed E-state index contributed by atoms with van der Waals surface area (Å²) in [7, 11) is 0. The summed E-state index contributed by atoms with van der Waals surface area (Å²) in [6.07, 6.45) is 11.7. The van der Waals surface area contributed by atoms with E-state index in [4.69, 9.17) is 4.74 Å². The van der Waals surface area contributed by atoms with Crippen molar-refractivity contribution in [1.29, 1.82) is 0 Å². The first kappa shape index (κ1) is 12.3. The lowest BCUT2D eigenvalue weighted by Gasteiger charge is -2.16. The molecule has 0 aliphatic heterocycles. The van der Waals surface area contributed by atoms with Crippen LogP contribution in [0.3, 0.4) is 0 Å². The van der Waals surface area contributed by atoms with Crippen molar-refractivity contribution in [3.8, 4) is 0 Å². The van der Waals surface area contributed by atoms with Crippen LogP contribution >= 0.6 is 0 Å². The van der Waals surface area contributed by atoms with E-state index in [1.54, 1.807) is 0 Å². The van der Waals surface area contributed by atoms with Crippen molar-refractivity contribution in [2.45, 2.75) is 51.9 Å². The second kappa shape index (κ2) is 7.49. The number of hydrogen-bond donors (Lipinski definition) is 0. The van der Waals surface area contributed by atoms with E-state index in [9.17, 15) is 4.79 Å². The van der Waals surface area contributed by atoms with Crippen LogP contribution in [-0.4, -0.2) is 12.6 Å². The monoisotopic (exact) mass is 210 g/mol. The molecule has 0 N–H and O–H groups in total. The standard InChI is InChI=1S/C13H22O2/c1-2-3-4-8-11-15-13(14)12-9-6-5-7-10-12/h5-6,12H,2-4,7-11H2,1H3. The Balaban J connectivity index is 2.05. The van der Waals surface area contributed by atoms with E-state index in [0.717, 1.165) is 25.7 Å². The summed E-state index contributed by atoms with van der Waals surface area (Å²) in [6.45, 7) is 2.79. The Hall–Kier alpha value is -0.790. The molecule has 1 unspecified atom stereocenters. The molecule has 2 nitrogen and oxygen atoms in total. The van der Waals surface area contributed by atoms with Crippen molar-refractivity contribution in [1.82, 2.24) is 0 Å². The Morgan fingerprint density at radius 2 is 2.20 bits per heavy atom. The van der Waals surface area contributed by atoms with Crippen LogP contribution in [0.25, 0.3) is 0 Å². The molecule has 0 amide bonds. The fourth-order valence-electron chi connectivity index (χ4n) is 1.83. The molecule has 1 aliphatic carbocycles. The first-order valence-electron chi connectivity index (χ1n) is 6.16. The molecule has 1 aliphatic rings. The van der Waals surface area contributed by atoms with Crippen LogP contribution in [0.1, 0.15) is 51.9 Å². The molecule has 0 fully saturated rings. The van der Waals surface area contributed by atoms with Crippen LogP contribution in [0.2, 0.25) is 0 Å². The van der Waals surface area contributed by atoms with Crippen LogP contribution in [0.4, 0.5) is 0 Å². The molecule has 0 radical (unpaired) electrons. The van der Waals surface area contributed by atoms with Crippen LogP contribution < -0.4 is 0 Å². The van der Waals surface area contributed by atoms with Gasteiger partial charge in [-0.3, -0.25) is 4.79 Å². The van der Waals surface area contributed by atoms with E-state index in [0.29, 0.717) is 6.61 Å². The van der Waals surface area contributed by atoms with Gasteiger partial charge in [0.15, 0.2) is 0 Å². The minimum atomic E-state index is 0.0100. The van der Waals surface area contributed by atoms with E-state index < -0.39 is 0 Å². The number of rotatable bonds is 6. The van der Waals surface area contributed by atoms with Gasteiger partial charge in [-0.25, -0.2) is 0 Å². The molecule has 1 atom stereocenters. The highest BCUT2D eigenvalue weighted by molar-refractivity contribution is 5.72. The van der Waals surface area contributed by atoms with Crippen molar-refractivity contribution in [2.24, 2.45) is 5.92 Å². The molecule has 0 aromatic rings. The van der Waals surface area contributed by atoms with Gasteiger partial charge in [-0.15, -0.1) is 0 Å². The zero-order valence-corrected chi connectivity index (χ0v) is 9.71. The third-order valence-electron chi connectivity index (χ3n) is 2.84. The smallest absolute Gasteiger partial charge is 0.309 e. The van der Waals surface area contributed by atoms with Crippen LogP contribution in [0.5, 0.6) is 0 Å². The van der Waals surface area contributed by atoms with Crippen LogP contribution in [-0.2, 0) is 9.53 Å². The largest absolute Gasteiger partial charge is 0.465 e. The topological polar surface area (TPSA) is 26.3 Å². The number of unbranched alkanes of at least 4 members (excludes halogenated alkanes) is 3. The number of hydrogen-bond acceptors (Lipinski definition) is 2. The quantitative estimate of drug-likeness (QED) is 0.381. The van der Waals surface area contributed by atoms with Crippen molar-refractivity contribution < 1.29 is 9.53 Å². The molecule has 0 spiro atoms. The molecular formula is C13H22O2. The summed E-state index contributed by atoms with van der Waals surface area (Å²) in [5.41, 5.74) is 0. The van der Waals surface area contributed by atoms with E-state index >= 15 is 0 Å². The first-order chi connectivity index (χ1) is 7.34. The minimum absolute atomic E-state index is 0.0100. The average molecular weight is 210 g/mol. The summed E-state index contributed by atoms with van der Waals surface area (Å²) in [4.78, 5) is 11.6. The Morgan fingerprint density at radius 1 is 1.33 bits per heavy atom. The lowest BCUT2D eigenvalue weighted by Crippen LogP contribution is -2.19. The zero-order chi connectivity index (χ0) is 10.9. The number of carbonyl (C=O) groups excluding carboxylic acids is 1. The normalized spacial score (nSPS) is 20.2. The highest BCUT2D eigenvalue weighted by Crippen LogP contribution is 2.19. The fraction of sp³-hybridized carbons (Fsp3) is 0.769. The molecule has 15 heavy (non-hydrogen) atoms. The van der Waals surface area contributed by atoms with Gasteiger partial charge in [0.05, 0.1) is 12.5 Å². The van der Waals surface area contributed by atoms with Gasteiger partial charge in [0.1, 0.15) is 0 Å². The van der Waals surface area contributed by atoms with E-state index in [-0.39, 0.29) is 11.9 Å². The Kier molecular flexibility index (Phi) is 6.14. The lowest BCUT2D eigenvalue weighted by molar-refractivity contribution is -0.148. The molecule has 1 rings (SSSR count). The summed E-state index contributed by atoms with van der Waals surface area (Å²) in [6, 6.07) is 0. The summed E-state index contributed by atoms with van der Waals surface area (Å²) >= 11 is 0. The summed E-state index contributed by atoms with van der Waals surface area (Å²) in [5.74, 6) is 0.136. The molecule has 0 saturated carbocycles.